The maximum absolute atomic E-state index is 11.8. The second-order valence-corrected chi connectivity index (χ2v) is 5.55. The molecule has 0 spiro atoms. The van der Waals surface area contributed by atoms with Crippen LogP contribution in [-0.4, -0.2) is 36.6 Å². The molecule has 0 saturated carbocycles. The zero-order valence-corrected chi connectivity index (χ0v) is 12.5. The number of carbonyl (C=O) groups is 2. The van der Waals surface area contributed by atoms with Crippen molar-refractivity contribution in [3.8, 4) is 0 Å². The molecule has 0 rings (SSSR count). The summed E-state index contributed by atoms with van der Waals surface area (Å²) in [5.41, 5.74) is 0. The van der Waals surface area contributed by atoms with Gasteiger partial charge in [-0.05, 0) is 24.8 Å². The molecule has 0 heterocycles. The molecular formula is C14H28N2O3. The molecule has 2 atom stereocenters. The monoisotopic (exact) mass is 272 g/mol. The number of aliphatic carboxylic acids is 1. The summed E-state index contributed by atoms with van der Waals surface area (Å²) >= 11 is 0. The Kier molecular flexibility index (Phi) is 9.21. The maximum Gasteiger partial charge on any atom is 0.303 e. The van der Waals surface area contributed by atoms with E-state index in [1.54, 1.807) is 0 Å². The molecule has 2 unspecified atom stereocenters. The average molecular weight is 272 g/mol. The van der Waals surface area contributed by atoms with Crippen LogP contribution in [0.1, 0.15) is 40.5 Å². The van der Waals surface area contributed by atoms with Gasteiger partial charge in [0.25, 0.3) is 0 Å². The van der Waals surface area contributed by atoms with Crippen LogP contribution >= 0.6 is 0 Å². The zero-order chi connectivity index (χ0) is 14.8. The summed E-state index contributed by atoms with van der Waals surface area (Å²) in [6, 6.07) is 0. The van der Waals surface area contributed by atoms with E-state index in [1.807, 2.05) is 13.8 Å². The van der Waals surface area contributed by atoms with Crippen LogP contribution in [0.25, 0.3) is 0 Å². The highest BCUT2D eigenvalue weighted by Crippen LogP contribution is 2.14. The highest BCUT2D eigenvalue weighted by atomic mass is 16.4. The largest absolute Gasteiger partial charge is 0.481 e. The molecule has 0 aromatic rings. The third kappa shape index (κ3) is 9.47. The van der Waals surface area contributed by atoms with Gasteiger partial charge in [-0.2, -0.15) is 0 Å². The van der Waals surface area contributed by atoms with Crippen molar-refractivity contribution >= 4 is 11.9 Å². The number of nitrogens with one attached hydrogen (secondary N) is 2. The van der Waals surface area contributed by atoms with Gasteiger partial charge in [0.05, 0.1) is 0 Å². The summed E-state index contributed by atoms with van der Waals surface area (Å²) in [5, 5.41) is 14.9. The fourth-order valence-electron chi connectivity index (χ4n) is 2.03. The molecular weight excluding hydrogens is 244 g/mol. The number of amides is 1. The number of hydrogen-bond donors (Lipinski definition) is 3. The summed E-state index contributed by atoms with van der Waals surface area (Å²) in [6.45, 7) is 9.92. The molecule has 1 amide bonds. The Morgan fingerprint density at radius 3 is 2.26 bits per heavy atom. The van der Waals surface area contributed by atoms with Crippen molar-refractivity contribution in [1.29, 1.82) is 0 Å². The molecule has 5 nitrogen and oxygen atoms in total. The zero-order valence-electron chi connectivity index (χ0n) is 12.5. The van der Waals surface area contributed by atoms with Crippen molar-refractivity contribution in [2.75, 3.05) is 19.6 Å². The van der Waals surface area contributed by atoms with Crippen LogP contribution in [0.3, 0.4) is 0 Å². The van der Waals surface area contributed by atoms with Crippen LogP contribution in [0.4, 0.5) is 0 Å². The van der Waals surface area contributed by atoms with Crippen LogP contribution in [-0.2, 0) is 9.59 Å². The number of carbonyl (C=O) groups excluding carboxylic acids is 1. The third-order valence-corrected chi connectivity index (χ3v) is 2.98. The van der Waals surface area contributed by atoms with Gasteiger partial charge in [-0.1, -0.05) is 27.7 Å². The van der Waals surface area contributed by atoms with Crippen molar-refractivity contribution < 1.29 is 14.7 Å². The molecule has 19 heavy (non-hydrogen) atoms. The second-order valence-electron chi connectivity index (χ2n) is 5.55. The van der Waals surface area contributed by atoms with Gasteiger partial charge in [-0.3, -0.25) is 9.59 Å². The lowest BCUT2D eigenvalue weighted by Gasteiger charge is -2.19. The van der Waals surface area contributed by atoms with Crippen LogP contribution in [0, 0.1) is 17.8 Å². The quantitative estimate of drug-likeness (QED) is 0.563. The molecule has 0 saturated heterocycles. The first-order valence-electron chi connectivity index (χ1n) is 7.07. The van der Waals surface area contributed by atoms with Gasteiger partial charge in [-0.15, -0.1) is 0 Å². The molecule has 0 aromatic heterocycles. The first kappa shape index (κ1) is 17.9. The van der Waals surface area contributed by atoms with E-state index < -0.39 is 5.97 Å². The van der Waals surface area contributed by atoms with E-state index in [1.165, 1.54) is 0 Å². The Bertz CT molecular complexity index is 280. The average Bonchev–Trinajstić information content (AvgIpc) is 2.31. The highest BCUT2D eigenvalue weighted by Gasteiger charge is 2.18. The molecule has 112 valence electrons. The molecule has 0 bridgehead atoms. The maximum atomic E-state index is 11.8. The molecule has 0 aliphatic heterocycles. The summed E-state index contributed by atoms with van der Waals surface area (Å²) in [6.07, 6.45) is 0.925. The van der Waals surface area contributed by atoms with E-state index in [-0.39, 0.29) is 24.2 Å². The first-order chi connectivity index (χ1) is 8.86. The van der Waals surface area contributed by atoms with E-state index in [0.717, 1.165) is 13.0 Å². The molecule has 0 fully saturated rings. The standard InChI is InChI=1S/C14H28N2O3/c1-5-15-8-11(4)14(19)16-9-12(6-10(2)3)7-13(17)18/h10-12,15H,5-9H2,1-4H3,(H,16,19)(H,17,18). The number of hydrogen-bond acceptors (Lipinski definition) is 3. The molecule has 5 heteroatoms. The molecule has 0 aromatic carbocycles. The Morgan fingerprint density at radius 1 is 1.16 bits per heavy atom. The molecule has 0 aliphatic rings. The Balaban J connectivity index is 4.14. The number of carboxylic acid groups (broad SMARTS) is 1. The minimum atomic E-state index is -0.805. The number of carboxylic acids is 1. The predicted octanol–water partition coefficient (Wildman–Crippen LogP) is 1.49. The molecule has 0 aliphatic carbocycles. The normalized spacial score (nSPS) is 14.2. The SMILES string of the molecule is CCNCC(C)C(=O)NCC(CC(=O)O)CC(C)C. The van der Waals surface area contributed by atoms with E-state index in [9.17, 15) is 9.59 Å². The highest BCUT2D eigenvalue weighted by molar-refractivity contribution is 5.78. The summed E-state index contributed by atoms with van der Waals surface area (Å²) in [5.74, 6) is -0.474. The summed E-state index contributed by atoms with van der Waals surface area (Å²) in [4.78, 5) is 22.6. The van der Waals surface area contributed by atoms with Gasteiger partial charge in [0, 0.05) is 25.4 Å². The molecule has 3 N–H and O–H groups in total. The third-order valence-electron chi connectivity index (χ3n) is 2.98. The predicted molar refractivity (Wildman–Crippen MR) is 75.9 cm³/mol. The van der Waals surface area contributed by atoms with Crippen LogP contribution in [0.15, 0.2) is 0 Å². The van der Waals surface area contributed by atoms with Gasteiger partial charge in [0.15, 0.2) is 0 Å². The van der Waals surface area contributed by atoms with Gasteiger partial charge in [0.2, 0.25) is 5.91 Å². The fraction of sp³-hybridized carbons (Fsp3) is 0.857. The lowest BCUT2D eigenvalue weighted by atomic mass is 9.94. The smallest absolute Gasteiger partial charge is 0.303 e. The Labute approximate surface area is 116 Å². The Hall–Kier alpha value is -1.10. The van der Waals surface area contributed by atoms with Gasteiger partial charge >= 0.3 is 5.97 Å². The van der Waals surface area contributed by atoms with Crippen LogP contribution < -0.4 is 10.6 Å². The van der Waals surface area contributed by atoms with Crippen molar-refractivity contribution in [2.24, 2.45) is 17.8 Å². The van der Waals surface area contributed by atoms with Crippen LogP contribution in [0.5, 0.6) is 0 Å². The van der Waals surface area contributed by atoms with Gasteiger partial charge < -0.3 is 15.7 Å². The van der Waals surface area contributed by atoms with Crippen LogP contribution in [0.2, 0.25) is 0 Å². The topological polar surface area (TPSA) is 78.4 Å². The summed E-state index contributed by atoms with van der Waals surface area (Å²) < 4.78 is 0. The van der Waals surface area contributed by atoms with Crippen molar-refractivity contribution in [3.63, 3.8) is 0 Å². The number of rotatable bonds is 10. The second kappa shape index (κ2) is 9.78. The van der Waals surface area contributed by atoms with Crippen molar-refractivity contribution in [1.82, 2.24) is 10.6 Å². The van der Waals surface area contributed by atoms with Gasteiger partial charge in [-0.25, -0.2) is 0 Å². The van der Waals surface area contributed by atoms with Gasteiger partial charge in [0.1, 0.15) is 0 Å². The van der Waals surface area contributed by atoms with E-state index in [4.69, 9.17) is 5.11 Å². The van der Waals surface area contributed by atoms with Crippen molar-refractivity contribution in [3.05, 3.63) is 0 Å². The minimum Gasteiger partial charge on any atom is -0.481 e. The Morgan fingerprint density at radius 2 is 1.79 bits per heavy atom. The first-order valence-corrected chi connectivity index (χ1v) is 7.07. The fourth-order valence-corrected chi connectivity index (χ4v) is 2.03. The summed E-state index contributed by atoms with van der Waals surface area (Å²) in [7, 11) is 0. The van der Waals surface area contributed by atoms with E-state index in [0.29, 0.717) is 19.0 Å². The lowest BCUT2D eigenvalue weighted by molar-refractivity contribution is -0.138. The minimum absolute atomic E-state index is 0.00721. The van der Waals surface area contributed by atoms with Crippen molar-refractivity contribution in [2.45, 2.75) is 40.5 Å². The van der Waals surface area contributed by atoms with E-state index >= 15 is 0 Å². The molecule has 0 radical (unpaired) electrons. The lowest BCUT2D eigenvalue weighted by Crippen LogP contribution is -2.38. The van der Waals surface area contributed by atoms with E-state index in [2.05, 4.69) is 24.5 Å².